The van der Waals surface area contributed by atoms with Gasteiger partial charge in [0.25, 0.3) is 0 Å². The molecule has 0 amide bonds. The van der Waals surface area contributed by atoms with Gasteiger partial charge < -0.3 is 0 Å². The normalized spacial score (nSPS) is 12.8. The zero-order valence-electron chi connectivity index (χ0n) is 7.76. The van der Waals surface area contributed by atoms with Crippen LogP contribution in [-0.2, 0) is 6.61 Å². The molecule has 0 unspecified atom stereocenters. The molecule has 0 spiro atoms. The standard InChI is InChI=1S/C10H14O3Se/c11-5-8-3-1-2-4-10(8)14-7-9(13)6-12/h1-4,9,11-13H,5-7H2/t9-/m0/s1. The maximum absolute atomic E-state index is 9.19. The topological polar surface area (TPSA) is 60.7 Å². The monoisotopic (exact) mass is 262 g/mol. The summed E-state index contributed by atoms with van der Waals surface area (Å²) in [6.07, 6.45) is -0.637. The van der Waals surface area contributed by atoms with E-state index in [0.717, 1.165) is 10.0 Å². The van der Waals surface area contributed by atoms with E-state index in [-0.39, 0.29) is 28.2 Å². The van der Waals surface area contributed by atoms with Crippen LogP contribution in [0.2, 0.25) is 5.32 Å². The molecule has 3 N–H and O–H groups in total. The van der Waals surface area contributed by atoms with Crippen molar-refractivity contribution in [2.75, 3.05) is 6.61 Å². The summed E-state index contributed by atoms with van der Waals surface area (Å²) in [5.74, 6) is 0. The molecule has 0 saturated carbocycles. The molecular formula is C10H14O3Se. The average molecular weight is 261 g/mol. The Morgan fingerprint density at radius 1 is 1.21 bits per heavy atom. The van der Waals surface area contributed by atoms with Crippen LogP contribution in [0, 0.1) is 0 Å². The van der Waals surface area contributed by atoms with Crippen molar-refractivity contribution < 1.29 is 15.3 Å². The van der Waals surface area contributed by atoms with Crippen LogP contribution in [-0.4, -0.2) is 43.0 Å². The minimum atomic E-state index is -0.637. The molecule has 0 bridgehead atoms. The molecule has 3 nitrogen and oxygen atoms in total. The van der Waals surface area contributed by atoms with E-state index >= 15 is 0 Å². The van der Waals surface area contributed by atoms with Crippen LogP contribution in [0.5, 0.6) is 0 Å². The van der Waals surface area contributed by atoms with E-state index in [9.17, 15) is 5.11 Å². The van der Waals surface area contributed by atoms with Gasteiger partial charge in [0.2, 0.25) is 0 Å². The van der Waals surface area contributed by atoms with Gasteiger partial charge in [-0.1, -0.05) is 0 Å². The third kappa shape index (κ3) is 3.40. The quantitative estimate of drug-likeness (QED) is 0.613. The van der Waals surface area contributed by atoms with Crippen molar-refractivity contribution in [1.82, 2.24) is 0 Å². The average Bonchev–Trinajstić information content (AvgIpc) is 2.26. The molecule has 1 atom stereocenters. The van der Waals surface area contributed by atoms with E-state index in [1.54, 1.807) is 0 Å². The van der Waals surface area contributed by atoms with Gasteiger partial charge in [-0.05, 0) is 0 Å². The van der Waals surface area contributed by atoms with E-state index in [1.165, 1.54) is 0 Å². The van der Waals surface area contributed by atoms with Crippen LogP contribution >= 0.6 is 0 Å². The van der Waals surface area contributed by atoms with Crippen molar-refractivity contribution >= 4 is 19.4 Å². The Hall–Kier alpha value is -0.381. The summed E-state index contributed by atoms with van der Waals surface area (Å²) in [4.78, 5) is 0. The SMILES string of the molecule is OCc1ccccc1[Se]C[C@@H](O)CO. The minimum absolute atomic E-state index is 0.0349. The molecule has 0 saturated heterocycles. The van der Waals surface area contributed by atoms with E-state index < -0.39 is 6.10 Å². The summed E-state index contributed by atoms with van der Waals surface area (Å²) in [5.41, 5.74) is 0.914. The van der Waals surface area contributed by atoms with Crippen molar-refractivity contribution in [1.29, 1.82) is 0 Å². The Morgan fingerprint density at radius 3 is 2.57 bits per heavy atom. The van der Waals surface area contributed by atoms with Gasteiger partial charge in [0, 0.05) is 0 Å². The first-order valence-electron chi connectivity index (χ1n) is 4.38. The van der Waals surface area contributed by atoms with Crippen LogP contribution < -0.4 is 4.46 Å². The van der Waals surface area contributed by atoms with Crippen LogP contribution in [0.3, 0.4) is 0 Å². The Morgan fingerprint density at radius 2 is 1.93 bits per heavy atom. The Bertz CT molecular complexity index is 278. The van der Waals surface area contributed by atoms with E-state index in [0.29, 0.717) is 5.32 Å². The fraction of sp³-hybridized carbons (Fsp3) is 0.400. The van der Waals surface area contributed by atoms with E-state index in [2.05, 4.69) is 0 Å². The molecule has 78 valence electrons. The second kappa shape index (κ2) is 6.17. The molecule has 1 rings (SSSR count). The summed E-state index contributed by atoms with van der Waals surface area (Å²) in [7, 11) is 0. The number of hydrogen-bond donors (Lipinski definition) is 3. The number of rotatable bonds is 5. The van der Waals surface area contributed by atoms with Crippen LogP contribution in [0.25, 0.3) is 0 Å². The molecule has 1 aromatic rings. The van der Waals surface area contributed by atoms with Crippen molar-refractivity contribution in [3.05, 3.63) is 29.8 Å². The number of aliphatic hydroxyl groups excluding tert-OH is 3. The van der Waals surface area contributed by atoms with Crippen molar-refractivity contribution in [3.63, 3.8) is 0 Å². The van der Waals surface area contributed by atoms with E-state index in [4.69, 9.17) is 10.2 Å². The molecule has 4 heteroatoms. The fourth-order valence-electron chi connectivity index (χ4n) is 1.01. The zero-order chi connectivity index (χ0) is 10.4. The van der Waals surface area contributed by atoms with Crippen LogP contribution in [0.4, 0.5) is 0 Å². The molecule has 1 aromatic carbocycles. The first-order chi connectivity index (χ1) is 6.77. The third-order valence-electron chi connectivity index (χ3n) is 1.78. The zero-order valence-corrected chi connectivity index (χ0v) is 9.47. The Kier molecular flexibility index (Phi) is 5.15. The summed E-state index contributed by atoms with van der Waals surface area (Å²) in [6, 6.07) is 7.63. The molecular weight excluding hydrogens is 247 g/mol. The Labute approximate surface area is 89.6 Å². The summed E-state index contributed by atoms with van der Waals surface area (Å²) >= 11 is 0.113. The molecule has 0 radical (unpaired) electrons. The van der Waals surface area contributed by atoms with Gasteiger partial charge in [-0.3, -0.25) is 0 Å². The molecule has 0 aliphatic carbocycles. The molecule has 0 aliphatic rings. The molecule has 0 heterocycles. The van der Waals surface area contributed by atoms with E-state index in [1.807, 2.05) is 24.3 Å². The predicted molar refractivity (Wildman–Crippen MR) is 55.7 cm³/mol. The molecule has 14 heavy (non-hydrogen) atoms. The first kappa shape index (κ1) is 11.7. The van der Waals surface area contributed by atoms with Gasteiger partial charge in [-0.15, -0.1) is 0 Å². The second-order valence-corrected chi connectivity index (χ2v) is 5.14. The van der Waals surface area contributed by atoms with Crippen molar-refractivity contribution in [2.24, 2.45) is 0 Å². The number of hydrogen-bond acceptors (Lipinski definition) is 3. The third-order valence-corrected chi connectivity index (χ3v) is 4.43. The van der Waals surface area contributed by atoms with Crippen LogP contribution in [0.1, 0.15) is 5.56 Å². The summed E-state index contributed by atoms with van der Waals surface area (Å²) in [5, 5.41) is 27.5. The second-order valence-electron chi connectivity index (χ2n) is 2.91. The molecule has 0 aromatic heterocycles. The molecule has 0 aliphatic heterocycles. The van der Waals surface area contributed by atoms with Gasteiger partial charge in [0.05, 0.1) is 0 Å². The van der Waals surface area contributed by atoms with Gasteiger partial charge >= 0.3 is 89.2 Å². The number of aliphatic hydroxyl groups is 3. The molecule has 0 fully saturated rings. The van der Waals surface area contributed by atoms with Crippen molar-refractivity contribution in [3.8, 4) is 0 Å². The summed E-state index contributed by atoms with van der Waals surface area (Å²) < 4.78 is 1.09. The summed E-state index contributed by atoms with van der Waals surface area (Å²) in [6.45, 7) is -0.157. The predicted octanol–water partition coefficient (Wildman–Crippen LogP) is -0.720. The van der Waals surface area contributed by atoms with Crippen molar-refractivity contribution in [2.45, 2.75) is 18.0 Å². The fourth-order valence-corrected chi connectivity index (χ4v) is 3.05. The van der Waals surface area contributed by atoms with Gasteiger partial charge in [0.15, 0.2) is 0 Å². The van der Waals surface area contributed by atoms with Gasteiger partial charge in [0.1, 0.15) is 0 Å². The van der Waals surface area contributed by atoms with Gasteiger partial charge in [-0.2, -0.15) is 0 Å². The Balaban J connectivity index is 2.57. The van der Waals surface area contributed by atoms with Gasteiger partial charge in [-0.25, -0.2) is 0 Å². The number of benzene rings is 1. The van der Waals surface area contributed by atoms with Crippen LogP contribution in [0.15, 0.2) is 24.3 Å². The maximum atomic E-state index is 9.19. The first-order valence-corrected chi connectivity index (χ1v) is 6.45.